The van der Waals surface area contributed by atoms with Crippen molar-refractivity contribution in [3.63, 3.8) is 0 Å². The van der Waals surface area contributed by atoms with Crippen molar-refractivity contribution in [3.8, 4) is 0 Å². The molecule has 2 amide bonds. The Morgan fingerprint density at radius 3 is 2.61 bits per heavy atom. The maximum Gasteiger partial charge on any atom is 0.415 e. The van der Waals surface area contributed by atoms with Crippen LogP contribution in [-0.2, 0) is 9.47 Å². The van der Waals surface area contributed by atoms with Gasteiger partial charge in [0, 0.05) is 38.5 Å². The molecular formula is C26H33N7O5. The molecule has 2 saturated carbocycles. The average Bonchev–Trinajstić information content (AvgIpc) is 3.53. The highest BCUT2D eigenvalue weighted by Gasteiger charge is 2.32. The fourth-order valence-electron chi connectivity index (χ4n) is 4.31. The van der Waals surface area contributed by atoms with Crippen LogP contribution < -0.4 is 21.1 Å². The number of hydrogen-bond donors (Lipinski definition) is 2. The molecule has 38 heavy (non-hydrogen) atoms. The van der Waals surface area contributed by atoms with E-state index in [0.717, 1.165) is 25.7 Å². The number of pyridine rings is 1. The number of hydrogen-bond acceptors (Lipinski definition) is 8. The van der Waals surface area contributed by atoms with Crippen LogP contribution in [-0.4, -0.2) is 63.1 Å². The van der Waals surface area contributed by atoms with Crippen molar-refractivity contribution in [1.29, 1.82) is 0 Å². The number of methoxy groups -OCH3 is 1. The molecular weight excluding hydrogens is 490 g/mol. The summed E-state index contributed by atoms with van der Waals surface area (Å²) in [5.41, 5.74) is -0.0755. The first-order chi connectivity index (χ1) is 18.0. The summed E-state index contributed by atoms with van der Waals surface area (Å²) in [6, 6.07) is 5.27. The molecule has 0 saturated heterocycles. The van der Waals surface area contributed by atoms with Gasteiger partial charge in [0.1, 0.15) is 28.5 Å². The summed E-state index contributed by atoms with van der Waals surface area (Å²) in [4.78, 5) is 45.0. The van der Waals surface area contributed by atoms with Gasteiger partial charge in [0.2, 0.25) is 0 Å². The molecule has 0 bridgehead atoms. The standard InChI is InChI=1S/C26H33N7O5/c1-26(2,3)38-25(36)31(4)21-13-20(30-22-18(14-27-33(21)22)23(34)28-15-8-9-15)29-19-7-6-10-32(24(19)35)16-11-17(12-16)37-5/h6-7,10,13-17H,8-9,11-12H2,1-5H3,(H,28,34)(H,29,30)/t16-,17+. The van der Waals surface area contributed by atoms with E-state index in [-0.39, 0.29) is 46.7 Å². The molecule has 5 rings (SSSR count). The normalized spacial score (nSPS) is 19.1. The van der Waals surface area contributed by atoms with Crippen LogP contribution in [0, 0.1) is 0 Å². The molecule has 2 fully saturated rings. The lowest BCUT2D eigenvalue weighted by molar-refractivity contribution is 0.00522. The van der Waals surface area contributed by atoms with Gasteiger partial charge in [-0.15, -0.1) is 0 Å². The first-order valence-electron chi connectivity index (χ1n) is 12.7. The third kappa shape index (κ3) is 5.21. The highest BCUT2D eigenvalue weighted by Crippen LogP contribution is 2.33. The number of nitrogens with zero attached hydrogens (tertiary/aromatic N) is 5. The summed E-state index contributed by atoms with van der Waals surface area (Å²) >= 11 is 0. The molecule has 3 aromatic rings. The Morgan fingerprint density at radius 1 is 1.21 bits per heavy atom. The van der Waals surface area contributed by atoms with E-state index in [4.69, 9.17) is 9.47 Å². The van der Waals surface area contributed by atoms with Gasteiger partial charge in [-0.3, -0.25) is 14.5 Å². The molecule has 0 radical (unpaired) electrons. The number of rotatable bonds is 7. The highest BCUT2D eigenvalue weighted by atomic mass is 16.6. The van der Waals surface area contributed by atoms with Gasteiger partial charge in [0.05, 0.1) is 12.3 Å². The van der Waals surface area contributed by atoms with Crippen molar-refractivity contribution in [2.45, 2.75) is 70.2 Å². The maximum atomic E-state index is 13.3. The molecule has 3 heterocycles. The maximum absolute atomic E-state index is 13.3. The van der Waals surface area contributed by atoms with Gasteiger partial charge in [-0.2, -0.15) is 9.61 Å². The molecule has 2 N–H and O–H groups in total. The van der Waals surface area contributed by atoms with Crippen LogP contribution in [0.4, 0.5) is 22.1 Å². The Hall–Kier alpha value is -3.93. The van der Waals surface area contributed by atoms with Crippen LogP contribution in [0.3, 0.4) is 0 Å². The summed E-state index contributed by atoms with van der Waals surface area (Å²) < 4.78 is 14.0. The Balaban J connectivity index is 1.52. The minimum absolute atomic E-state index is 0.0612. The first-order valence-corrected chi connectivity index (χ1v) is 12.7. The molecule has 0 unspecified atom stereocenters. The largest absolute Gasteiger partial charge is 0.443 e. The Bertz CT molecular complexity index is 1430. The van der Waals surface area contributed by atoms with Gasteiger partial charge in [-0.05, 0) is 58.6 Å². The van der Waals surface area contributed by atoms with Crippen molar-refractivity contribution in [3.05, 3.63) is 46.5 Å². The van der Waals surface area contributed by atoms with Crippen molar-refractivity contribution >= 4 is 35.0 Å². The van der Waals surface area contributed by atoms with E-state index in [2.05, 4.69) is 20.7 Å². The molecule has 0 atom stereocenters. The Kier molecular flexibility index (Phi) is 6.59. The Morgan fingerprint density at radius 2 is 1.95 bits per heavy atom. The van der Waals surface area contributed by atoms with Crippen molar-refractivity contribution in [2.24, 2.45) is 0 Å². The summed E-state index contributed by atoms with van der Waals surface area (Å²) in [6.07, 6.45) is 6.15. The van der Waals surface area contributed by atoms with E-state index in [1.165, 1.54) is 15.6 Å². The van der Waals surface area contributed by atoms with Crippen LogP contribution in [0.2, 0.25) is 0 Å². The summed E-state index contributed by atoms with van der Waals surface area (Å²) in [5, 5.41) is 10.4. The van der Waals surface area contributed by atoms with Crippen LogP contribution in [0.5, 0.6) is 0 Å². The number of anilines is 3. The molecule has 0 aliphatic heterocycles. The minimum Gasteiger partial charge on any atom is -0.443 e. The Labute approximate surface area is 219 Å². The van der Waals surface area contributed by atoms with Crippen LogP contribution in [0.25, 0.3) is 5.65 Å². The number of amides is 2. The zero-order chi connectivity index (χ0) is 27.2. The average molecular weight is 524 g/mol. The zero-order valence-electron chi connectivity index (χ0n) is 22.2. The van der Waals surface area contributed by atoms with E-state index in [1.54, 1.807) is 63.9 Å². The van der Waals surface area contributed by atoms with Crippen molar-refractivity contribution in [1.82, 2.24) is 24.5 Å². The minimum atomic E-state index is -0.712. The van der Waals surface area contributed by atoms with Gasteiger partial charge in [0.15, 0.2) is 5.65 Å². The van der Waals surface area contributed by atoms with E-state index in [0.29, 0.717) is 11.5 Å². The second-order valence-electron chi connectivity index (χ2n) is 10.8. The number of carbonyl (C=O) groups is 2. The highest BCUT2D eigenvalue weighted by molar-refractivity contribution is 6.00. The number of fused-ring (bicyclic) bond motifs is 1. The predicted octanol–water partition coefficient (Wildman–Crippen LogP) is 3.25. The molecule has 0 aromatic carbocycles. The summed E-state index contributed by atoms with van der Waals surface area (Å²) in [5.74, 6) is 0.301. The number of nitrogens with one attached hydrogen (secondary N) is 2. The van der Waals surface area contributed by atoms with Gasteiger partial charge in [-0.1, -0.05) is 0 Å². The molecule has 3 aromatic heterocycles. The fourth-order valence-corrected chi connectivity index (χ4v) is 4.31. The molecule has 12 heteroatoms. The van der Waals surface area contributed by atoms with E-state index in [9.17, 15) is 14.4 Å². The topological polar surface area (TPSA) is 132 Å². The summed E-state index contributed by atoms with van der Waals surface area (Å²) in [7, 11) is 3.22. The lowest BCUT2D eigenvalue weighted by Gasteiger charge is -2.35. The third-order valence-electron chi connectivity index (χ3n) is 6.66. The SMILES string of the molecule is CO[C@H]1C[C@@H](n2cccc(Nc3cc(N(C)C(=O)OC(C)(C)C)n4ncc(C(=O)NC5CC5)c4n3)c2=O)C1. The second-order valence-corrected chi connectivity index (χ2v) is 10.8. The fraction of sp³-hybridized carbons (Fsp3) is 0.500. The third-order valence-corrected chi connectivity index (χ3v) is 6.66. The van der Waals surface area contributed by atoms with E-state index >= 15 is 0 Å². The zero-order valence-corrected chi connectivity index (χ0v) is 22.2. The van der Waals surface area contributed by atoms with Crippen LogP contribution in [0.1, 0.15) is 62.9 Å². The lowest BCUT2D eigenvalue weighted by Crippen LogP contribution is -2.37. The number of ether oxygens (including phenoxy) is 2. The van der Waals surface area contributed by atoms with Crippen molar-refractivity contribution in [2.75, 3.05) is 24.4 Å². The monoisotopic (exact) mass is 523 g/mol. The second kappa shape index (κ2) is 9.75. The molecule has 12 nitrogen and oxygen atoms in total. The van der Waals surface area contributed by atoms with Gasteiger partial charge < -0.3 is 24.7 Å². The van der Waals surface area contributed by atoms with Crippen LogP contribution >= 0.6 is 0 Å². The van der Waals surface area contributed by atoms with Crippen LogP contribution in [0.15, 0.2) is 35.4 Å². The number of aromatic nitrogens is 4. The molecule has 202 valence electrons. The lowest BCUT2D eigenvalue weighted by atomic mass is 9.89. The van der Waals surface area contributed by atoms with E-state index in [1.807, 2.05) is 0 Å². The van der Waals surface area contributed by atoms with Gasteiger partial charge >= 0.3 is 6.09 Å². The smallest absolute Gasteiger partial charge is 0.415 e. The molecule has 2 aliphatic rings. The predicted molar refractivity (Wildman–Crippen MR) is 141 cm³/mol. The number of carbonyl (C=O) groups excluding carboxylic acids is 2. The van der Waals surface area contributed by atoms with E-state index < -0.39 is 11.7 Å². The molecule has 2 aliphatic carbocycles. The first kappa shape index (κ1) is 25.7. The van der Waals surface area contributed by atoms with Gasteiger partial charge in [-0.25, -0.2) is 9.78 Å². The van der Waals surface area contributed by atoms with Gasteiger partial charge in [0.25, 0.3) is 11.5 Å². The molecule has 0 spiro atoms. The summed E-state index contributed by atoms with van der Waals surface area (Å²) in [6.45, 7) is 5.33. The van der Waals surface area contributed by atoms with Crippen molar-refractivity contribution < 1.29 is 19.1 Å². The quantitative estimate of drug-likeness (QED) is 0.482.